The maximum Gasteiger partial charge on any atom is 0.322 e. The number of rotatable bonds is 6. The topological polar surface area (TPSA) is 72.3 Å². The van der Waals surface area contributed by atoms with E-state index in [9.17, 15) is 10.1 Å². The number of benzene rings is 2. The molecule has 0 bridgehead atoms. The van der Waals surface area contributed by atoms with Crippen LogP contribution < -0.4 is 10.2 Å². The highest BCUT2D eigenvalue weighted by atomic mass is 35.5. The number of amides is 2. The predicted octanol–water partition coefficient (Wildman–Crippen LogP) is 5.96. The Morgan fingerprint density at radius 3 is 2.59 bits per heavy atom. The van der Waals surface area contributed by atoms with Gasteiger partial charge in [-0.2, -0.15) is 5.26 Å². The first-order valence-corrected chi connectivity index (χ1v) is 13.4. The van der Waals surface area contributed by atoms with Crippen molar-refractivity contribution in [3.8, 4) is 6.07 Å². The lowest BCUT2D eigenvalue weighted by atomic mass is 9.72. The molecule has 1 N–H and O–H groups in total. The Bertz CT molecular complexity index is 1310. The molecule has 1 fully saturated rings. The van der Waals surface area contributed by atoms with Crippen LogP contribution in [0.25, 0.3) is 0 Å². The lowest BCUT2D eigenvalue weighted by molar-refractivity contribution is 0.164. The van der Waals surface area contributed by atoms with Gasteiger partial charge in [0.25, 0.3) is 0 Å². The highest BCUT2D eigenvalue weighted by Gasteiger charge is 2.47. The largest absolute Gasteiger partial charge is 0.334 e. The number of likely N-dealkylation sites (tertiary alicyclic amines) is 1. The minimum Gasteiger partial charge on any atom is -0.334 e. The van der Waals surface area contributed by atoms with Gasteiger partial charge < -0.3 is 10.2 Å². The number of pyridine rings is 1. The minimum atomic E-state index is -0.203. The van der Waals surface area contributed by atoms with Crippen molar-refractivity contribution in [2.24, 2.45) is 0 Å². The Morgan fingerprint density at radius 2 is 1.86 bits per heavy atom. The summed E-state index contributed by atoms with van der Waals surface area (Å²) in [6.45, 7) is 3.88. The van der Waals surface area contributed by atoms with E-state index in [1.807, 2.05) is 41.3 Å². The van der Waals surface area contributed by atoms with E-state index in [0.717, 1.165) is 67.2 Å². The third-order valence-corrected chi connectivity index (χ3v) is 8.05. The van der Waals surface area contributed by atoms with Crippen LogP contribution >= 0.6 is 23.2 Å². The lowest BCUT2D eigenvalue weighted by Crippen LogP contribution is -2.48. The van der Waals surface area contributed by atoms with E-state index in [4.69, 9.17) is 23.2 Å². The molecule has 0 radical (unpaired) electrons. The van der Waals surface area contributed by atoms with Gasteiger partial charge in [0, 0.05) is 35.3 Å². The molecule has 2 aliphatic heterocycles. The molecular formula is C29H29Cl2N5O. The van der Waals surface area contributed by atoms with Gasteiger partial charge in [0.1, 0.15) is 5.15 Å². The Morgan fingerprint density at radius 1 is 1.08 bits per heavy atom. The van der Waals surface area contributed by atoms with Gasteiger partial charge in [-0.3, -0.25) is 4.90 Å². The number of piperidine rings is 1. The van der Waals surface area contributed by atoms with Crippen molar-refractivity contribution < 1.29 is 4.79 Å². The van der Waals surface area contributed by atoms with Crippen LogP contribution in [0.2, 0.25) is 10.2 Å². The molecule has 190 valence electrons. The number of nitrogens with zero attached hydrogens (tertiary/aromatic N) is 4. The van der Waals surface area contributed by atoms with Gasteiger partial charge >= 0.3 is 6.03 Å². The number of anilines is 1. The predicted molar refractivity (Wildman–Crippen MR) is 147 cm³/mol. The molecule has 3 aromatic rings. The highest BCUT2D eigenvalue weighted by Crippen LogP contribution is 2.48. The number of nitrogens with one attached hydrogen (secondary N) is 1. The standard InChI is InChI=1S/C29H29Cl2N5O/c30-24-8-6-21(7-9-24)3-2-14-35-15-11-29(12-16-35)20-36(25-5-1-4-23(18-32)27(25)29)28(37)34-19-22-10-13-33-26(31)17-22/h1,4-10,13,17H,2-3,11-12,14-16,19-20H2,(H,34,37). The van der Waals surface area contributed by atoms with Crippen LogP contribution in [0.5, 0.6) is 0 Å². The Kier molecular flexibility index (Phi) is 7.66. The van der Waals surface area contributed by atoms with Gasteiger partial charge in [-0.05, 0) is 92.8 Å². The van der Waals surface area contributed by atoms with Crippen LogP contribution in [0.4, 0.5) is 10.5 Å². The van der Waals surface area contributed by atoms with Crippen LogP contribution in [-0.4, -0.2) is 42.1 Å². The summed E-state index contributed by atoms with van der Waals surface area (Å²) in [5, 5.41) is 14.1. The molecule has 2 aliphatic rings. The van der Waals surface area contributed by atoms with E-state index in [0.29, 0.717) is 23.8 Å². The summed E-state index contributed by atoms with van der Waals surface area (Å²) in [4.78, 5) is 21.6. The first-order valence-electron chi connectivity index (χ1n) is 12.6. The third-order valence-electron chi connectivity index (χ3n) is 7.59. The summed E-state index contributed by atoms with van der Waals surface area (Å²) in [6.07, 6.45) is 5.58. The molecule has 1 saturated heterocycles. The normalized spacial score (nSPS) is 16.4. The van der Waals surface area contributed by atoms with Gasteiger partial charge in [0.05, 0.1) is 17.3 Å². The molecule has 5 rings (SSSR count). The molecule has 6 nitrogen and oxygen atoms in total. The van der Waals surface area contributed by atoms with E-state index in [-0.39, 0.29) is 11.4 Å². The molecule has 0 atom stereocenters. The second-order valence-electron chi connectivity index (χ2n) is 9.90. The number of halogens is 2. The van der Waals surface area contributed by atoms with E-state index < -0.39 is 0 Å². The van der Waals surface area contributed by atoms with E-state index in [1.54, 1.807) is 12.3 Å². The van der Waals surface area contributed by atoms with Crippen molar-refractivity contribution >= 4 is 34.9 Å². The number of urea groups is 1. The van der Waals surface area contributed by atoms with Gasteiger partial charge in [-0.25, -0.2) is 9.78 Å². The fraction of sp³-hybridized carbons (Fsp3) is 0.345. The van der Waals surface area contributed by atoms with E-state index in [1.165, 1.54) is 5.56 Å². The van der Waals surface area contributed by atoms with Crippen LogP contribution in [-0.2, 0) is 18.4 Å². The van der Waals surface area contributed by atoms with Crippen LogP contribution in [0.15, 0.2) is 60.8 Å². The molecule has 1 spiro atoms. The number of carbonyl (C=O) groups excluding carboxylic acids is 1. The zero-order valence-electron chi connectivity index (χ0n) is 20.6. The average molecular weight is 534 g/mol. The Hall–Kier alpha value is -3.11. The van der Waals surface area contributed by atoms with Crippen LogP contribution in [0, 0.1) is 11.3 Å². The van der Waals surface area contributed by atoms with Crippen molar-refractivity contribution in [2.45, 2.75) is 37.6 Å². The number of aromatic nitrogens is 1. The number of carbonyl (C=O) groups is 1. The van der Waals surface area contributed by atoms with Gasteiger partial charge in [-0.15, -0.1) is 0 Å². The first-order chi connectivity index (χ1) is 18.0. The second-order valence-corrected chi connectivity index (χ2v) is 10.7. The smallest absolute Gasteiger partial charge is 0.322 e. The van der Waals surface area contributed by atoms with Crippen molar-refractivity contribution in [3.05, 3.63) is 93.2 Å². The Labute approximate surface area is 227 Å². The average Bonchev–Trinajstić information content (AvgIpc) is 3.24. The number of hydrogen-bond donors (Lipinski definition) is 1. The third kappa shape index (κ3) is 5.60. The molecule has 37 heavy (non-hydrogen) atoms. The van der Waals surface area contributed by atoms with Gasteiger partial charge in [0.15, 0.2) is 0 Å². The van der Waals surface area contributed by atoms with Crippen LogP contribution in [0.3, 0.4) is 0 Å². The van der Waals surface area contributed by atoms with Crippen molar-refractivity contribution in [1.29, 1.82) is 5.26 Å². The maximum atomic E-state index is 13.3. The quantitative estimate of drug-likeness (QED) is 0.397. The molecule has 1 aromatic heterocycles. The minimum absolute atomic E-state index is 0.161. The zero-order chi connectivity index (χ0) is 25.8. The van der Waals surface area contributed by atoms with Crippen molar-refractivity contribution in [2.75, 3.05) is 31.1 Å². The molecule has 0 aliphatic carbocycles. The van der Waals surface area contributed by atoms with Gasteiger partial charge in [0.2, 0.25) is 0 Å². The first kappa shape index (κ1) is 25.5. The summed E-state index contributed by atoms with van der Waals surface area (Å²) in [5.41, 5.74) is 4.54. The monoisotopic (exact) mass is 533 g/mol. The van der Waals surface area contributed by atoms with Crippen LogP contribution in [0.1, 0.15) is 41.5 Å². The summed E-state index contributed by atoms with van der Waals surface area (Å²) < 4.78 is 0. The number of fused-ring (bicyclic) bond motifs is 2. The summed E-state index contributed by atoms with van der Waals surface area (Å²) in [5.74, 6) is 0. The van der Waals surface area contributed by atoms with E-state index >= 15 is 0 Å². The molecule has 3 heterocycles. The number of aryl methyl sites for hydroxylation is 1. The van der Waals surface area contributed by atoms with E-state index in [2.05, 4.69) is 33.4 Å². The fourth-order valence-electron chi connectivity index (χ4n) is 5.66. The Balaban J connectivity index is 1.25. The van der Waals surface area contributed by atoms with Crippen molar-refractivity contribution in [3.63, 3.8) is 0 Å². The molecule has 2 aromatic carbocycles. The highest BCUT2D eigenvalue weighted by molar-refractivity contribution is 6.30. The number of nitriles is 1. The summed E-state index contributed by atoms with van der Waals surface area (Å²) >= 11 is 12.0. The molecular weight excluding hydrogens is 505 g/mol. The maximum absolute atomic E-state index is 13.3. The second kappa shape index (κ2) is 11.1. The number of hydrogen-bond acceptors (Lipinski definition) is 4. The van der Waals surface area contributed by atoms with Gasteiger partial charge in [-0.1, -0.05) is 41.4 Å². The SMILES string of the molecule is N#Cc1cccc2c1C1(CCN(CCCc3ccc(Cl)cc3)CC1)CN2C(=O)NCc1ccnc(Cl)c1. The molecule has 0 saturated carbocycles. The van der Waals surface area contributed by atoms with Crippen molar-refractivity contribution in [1.82, 2.24) is 15.2 Å². The summed E-state index contributed by atoms with van der Waals surface area (Å²) in [7, 11) is 0. The molecule has 8 heteroatoms. The molecule has 0 unspecified atom stereocenters. The fourth-order valence-corrected chi connectivity index (χ4v) is 5.98. The lowest BCUT2D eigenvalue weighted by Gasteiger charge is -2.40. The summed E-state index contributed by atoms with van der Waals surface area (Å²) in [6, 6.07) is 19.6. The molecule has 2 amide bonds. The zero-order valence-corrected chi connectivity index (χ0v) is 22.1.